The van der Waals surface area contributed by atoms with Crippen LogP contribution in [0.5, 0.6) is 0 Å². The molecule has 1 N–H and O–H groups in total. The number of carbonyl (C=O) groups is 1. The predicted octanol–water partition coefficient (Wildman–Crippen LogP) is 4.04. The monoisotopic (exact) mass is 338 g/mol. The van der Waals surface area contributed by atoms with E-state index in [0.717, 1.165) is 11.1 Å². The van der Waals surface area contributed by atoms with E-state index in [0.29, 0.717) is 30.2 Å². The minimum atomic E-state index is -0.242. The lowest BCUT2D eigenvalue weighted by molar-refractivity contribution is -0.121. The van der Waals surface area contributed by atoms with Crippen LogP contribution < -0.4 is 5.32 Å². The third kappa shape index (κ3) is 4.53. The summed E-state index contributed by atoms with van der Waals surface area (Å²) in [6.07, 6.45) is 2.39. The number of hydrogen-bond donors (Lipinski definition) is 1. The van der Waals surface area contributed by atoms with Gasteiger partial charge in [0, 0.05) is 24.9 Å². The van der Waals surface area contributed by atoms with E-state index in [2.05, 4.69) is 10.3 Å². The summed E-state index contributed by atoms with van der Waals surface area (Å²) in [5.74, 6) is 0.888. The van der Waals surface area contributed by atoms with Crippen molar-refractivity contribution in [2.45, 2.75) is 26.3 Å². The molecule has 5 heteroatoms. The molecule has 128 valence electrons. The largest absolute Gasteiger partial charge is 0.441 e. The number of nitrogens with one attached hydrogen (secondary N) is 1. The van der Waals surface area contributed by atoms with Crippen LogP contribution in [0, 0.1) is 12.7 Å². The van der Waals surface area contributed by atoms with Crippen LogP contribution in [0.25, 0.3) is 11.3 Å². The first-order chi connectivity index (χ1) is 12.1. The molecule has 3 aromatic rings. The van der Waals surface area contributed by atoms with Gasteiger partial charge in [-0.25, -0.2) is 9.37 Å². The zero-order chi connectivity index (χ0) is 17.6. The maximum absolute atomic E-state index is 13.2. The van der Waals surface area contributed by atoms with Crippen molar-refractivity contribution >= 4 is 5.91 Å². The van der Waals surface area contributed by atoms with E-state index >= 15 is 0 Å². The number of aromatic nitrogens is 1. The van der Waals surface area contributed by atoms with Gasteiger partial charge in [0.1, 0.15) is 5.82 Å². The Morgan fingerprint density at radius 2 is 2.00 bits per heavy atom. The van der Waals surface area contributed by atoms with E-state index in [4.69, 9.17) is 4.42 Å². The van der Waals surface area contributed by atoms with Crippen molar-refractivity contribution in [1.29, 1.82) is 0 Å². The number of hydrogen-bond acceptors (Lipinski definition) is 3. The molecule has 1 heterocycles. The summed E-state index contributed by atoms with van der Waals surface area (Å²) in [5.41, 5.74) is 2.40. The summed E-state index contributed by atoms with van der Waals surface area (Å²) >= 11 is 0. The number of nitrogens with zero attached hydrogens (tertiary/aromatic N) is 1. The maximum Gasteiger partial charge on any atom is 0.220 e. The van der Waals surface area contributed by atoms with Crippen LogP contribution in [-0.2, 0) is 17.8 Å². The minimum absolute atomic E-state index is 0.0959. The van der Waals surface area contributed by atoms with Crippen molar-refractivity contribution in [2.75, 3.05) is 0 Å². The first-order valence-corrected chi connectivity index (χ1v) is 8.13. The van der Waals surface area contributed by atoms with Gasteiger partial charge in [-0.3, -0.25) is 4.79 Å². The van der Waals surface area contributed by atoms with Crippen molar-refractivity contribution in [2.24, 2.45) is 0 Å². The zero-order valence-corrected chi connectivity index (χ0v) is 14.0. The van der Waals surface area contributed by atoms with Crippen LogP contribution in [0.1, 0.15) is 23.4 Å². The summed E-state index contributed by atoms with van der Waals surface area (Å²) < 4.78 is 18.9. The fourth-order valence-electron chi connectivity index (χ4n) is 2.49. The summed E-state index contributed by atoms with van der Waals surface area (Å²) in [6.45, 7) is 2.08. The number of benzene rings is 2. The number of amides is 1. The van der Waals surface area contributed by atoms with Crippen molar-refractivity contribution < 1.29 is 13.6 Å². The van der Waals surface area contributed by atoms with Gasteiger partial charge in [-0.2, -0.15) is 0 Å². The van der Waals surface area contributed by atoms with Crippen molar-refractivity contribution in [3.8, 4) is 11.3 Å². The van der Waals surface area contributed by atoms with Gasteiger partial charge in [0.2, 0.25) is 5.91 Å². The normalized spacial score (nSPS) is 10.6. The highest BCUT2D eigenvalue weighted by Gasteiger charge is 2.09. The second kappa shape index (κ2) is 7.75. The van der Waals surface area contributed by atoms with Crippen molar-refractivity contribution in [3.63, 3.8) is 0 Å². The molecule has 0 aliphatic heterocycles. The molecule has 2 aromatic carbocycles. The molecule has 0 aliphatic carbocycles. The lowest BCUT2D eigenvalue weighted by Gasteiger charge is -2.06. The van der Waals surface area contributed by atoms with Gasteiger partial charge in [-0.1, -0.05) is 42.5 Å². The predicted molar refractivity (Wildman–Crippen MR) is 93.2 cm³/mol. The second-order valence-electron chi connectivity index (χ2n) is 5.84. The van der Waals surface area contributed by atoms with Crippen molar-refractivity contribution in [3.05, 3.63) is 77.6 Å². The number of carbonyl (C=O) groups excluding carboxylic acids is 1. The van der Waals surface area contributed by atoms with Crippen LogP contribution in [0.3, 0.4) is 0 Å². The van der Waals surface area contributed by atoms with E-state index in [9.17, 15) is 9.18 Å². The average Bonchev–Trinajstić information content (AvgIpc) is 3.11. The first-order valence-electron chi connectivity index (χ1n) is 8.13. The molecule has 0 spiro atoms. The number of rotatable bonds is 6. The third-order valence-electron chi connectivity index (χ3n) is 3.89. The molecule has 0 aliphatic rings. The fraction of sp³-hybridized carbons (Fsp3) is 0.200. The van der Waals surface area contributed by atoms with E-state index in [-0.39, 0.29) is 18.1 Å². The first kappa shape index (κ1) is 16.9. The molecule has 0 unspecified atom stereocenters. The Bertz CT molecular complexity index is 859. The third-order valence-corrected chi connectivity index (χ3v) is 3.89. The standard InChI is InChI=1S/C20H19FN2O2/c1-14-11-15(7-8-17(14)21)12-22-19(24)9-10-20-23-13-18(25-20)16-5-3-2-4-6-16/h2-8,11,13H,9-10,12H2,1H3,(H,22,24). The van der Waals surface area contributed by atoms with Crippen molar-refractivity contribution in [1.82, 2.24) is 10.3 Å². The van der Waals surface area contributed by atoms with E-state index in [1.807, 2.05) is 30.3 Å². The van der Waals surface area contributed by atoms with Gasteiger partial charge in [-0.05, 0) is 24.1 Å². The topological polar surface area (TPSA) is 55.1 Å². The Morgan fingerprint density at radius 3 is 2.76 bits per heavy atom. The molecule has 4 nitrogen and oxygen atoms in total. The van der Waals surface area contributed by atoms with Gasteiger partial charge >= 0.3 is 0 Å². The van der Waals surface area contributed by atoms with Crippen LogP contribution in [0.4, 0.5) is 4.39 Å². The summed E-state index contributed by atoms with van der Waals surface area (Å²) in [4.78, 5) is 16.2. The van der Waals surface area contributed by atoms with E-state index in [1.54, 1.807) is 25.3 Å². The smallest absolute Gasteiger partial charge is 0.220 e. The maximum atomic E-state index is 13.2. The Kier molecular flexibility index (Phi) is 5.23. The molecular formula is C20H19FN2O2. The molecule has 0 saturated carbocycles. The molecule has 1 amide bonds. The Labute approximate surface area is 145 Å². The number of aryl methyl sites for hydroxylation is 2. The van der Waals surface area contributed by atoms with Gasteiger partial charge < -0.3 is 9.73 Å². The molecule has 0 saturated heterocycles. The van der Waals surface area contributed by atoms with Crippen LogP contribution >= 0.6 is 0 Å². The lowest BCUT2D eigenvalue weighted by atomic mass is 10.1. The highest BCUT2D eigenvalue weighted by atomic mass is 19.1. The Morgan fingerprint density at radius 1 is 1.20 bits per heavy atom. The molecule has 0 bridgehead atoms. The zero-order valence-electron chi connectivity index (χ0n) is 14.0. The van der Waals surface area contributed by atoms with E-state index < -0.39 is 0 Å². The van der Waals surface area contributed by atoms with Gasteiger partial charge in [0.15, 0.2) is 11.7 Å². The molecule has 0 fully saturated rings. The highest BCUT2D eigenvalue weighted by Crippen LogP contribution is 2.20. The van der Waals surface area contributed by atoms with Crippen LogP contribution in [0.2, 0.25) is 0 Å². The molecule has 25 heavy (non-hydrogen) atoms. The Balaban J connectivity index is 1.49. The average molecular weight is 338 g/mol. The second-order valence-corrected chi connectivity index (χ2v) is 5.84. The van der Waals surface area contributed by atoms with Crippen LogP contribution in [-0.4, -0.2) is 10.9 Å². The summed E-state index contributed by atoms with van der Waals surface area (Å²) in [7, 11) is 0. The quantitative estimate of drug-likeness (QED) is 0.738. The molecule has 1 aromatic heterocycles. The lowest BCUT2D eigenvalue weighted by Crippen LogP contribution is -2.23. The van der Waals surface area contributed by atoms with Gasteiger partial charge in [0.25, 0.3) is 0 Å². The Hall–Kier alpha value is -2.95. The van der Waals surface area contributed by atoms with E-state index in [1.165, 1.54) is 6.07 Å². The van der Waals surface area contributed by atoms with Crippen LogP contribution in [0.15, 0.2) is 59.1 Å². The summed E-state index contributed by atoms with van der Waals surface area (Å²) in [6, 6.07) is 14.5. The number of oxazole rings is 1. The molecule has 0 atom stereocenters. The highest BCUT2D eigenvalue weighted by molar-refractivity contribution is 5.76. The van der Waals surface area contributed by atoms with Gasteiger partial charge in [-0.15, -0.1) is 0 Å². The number of halogens is 1. The SMILES string of the molecule is Cc1cc(CNC(=O)CCc2ncc(-c3ccccc3)o2)ccc1F. The molecular weight excluding hydrogens is 319 g/mol. The van der Waals surface area contributed by atoms with Gasteiger partial charge in [0.05, 0.1) is 6.20 Å². The molecule has 3 rings (SSSR count). The minimum Gasteiger partial charge on any atom is -0.441 e. The fourth-order valence-corrected chi connectivity index (χ4v) is 2.49. The molecule has 0 radical (unpaired) electrons. The summed E-state index contributed by atoms with van der Waals surface area (Å²) in [5, 5.41) is 2.82.